The molecule has 0 amide bonds. The molecule has 5 nitrogen and oxygen atoms in total. The van der Waals surface area contributed by atoms with Gasteiger partial charge in [-0.15, -0.1) is 0 Å². The van der Waals surface area contributed by atoms with Crippen LogP contribution < -0.4 is 15.4 Å². The molecule has 1 aromatic heterocycles. The molecule has 1 aromatic carbocycles. The molecule has 0 aliphatic heterocycles. The number of rotatable bonds is 5. The standard InChI is InChI=1S/C17H22N4O/c1-12-18-16(20-13-5-3-4-6-13)11-17(19-12)21-14-7-9-15(22-2)10-8-14/h7-11,13H,3-6H2,1-2H3,(H2,18,19,20,21). The van der Waals surface area contributed by atoms with Crippen molar-refractivity contribution in [3.05, 3.63) is 36.2 Å². The highest BCUT2D eigenvalue weighted by molar-refractivity contribution is 5.60. The van der Waals surface area contributed by atoms with E-state index in [1.807, 2.05) is 37.3 Å². The fourth-order valence-electron chi connectivity index (χ4n) is 2.81. The molecular weight excluding hydrogens is 276 g/mol. The largest absolute Gasteiger partial charge is 0.497 e. The maximum atomic E-state index is 5.17. The van der Waals surface area contributed by atoms with Gasteiger partial charge in [0.2, 0.25) is 0 Å². The lowest BCUT2D eigenvalue weighted by Gasteiger charge is -2.14. The first-order valence-electron chi connectivity index (χ1n) is 7.76. The highest BCUT2D eigenvalue weighted by Gasteiger charge is 2.15. The van der Waals surface area contributed by atoms with Gasteiger partial charge in [0.1, 0.15) is 23.2 Å². The zero-order valence-corrected chi connectivity index (χ0v) is 13.1. The van der Waals surface area contributed by atoms with E-state index in [2.05, 4.69) is 20.6 Å². The lowest BCUT2D eigenvalue weighted by Crippen LogP contribution is -2.16. The van der Waals surface area contributed by atoms with E-state index >= 15 is 0 Å². The average molecular weight is 298 g/mol. The summed E-state index contributed by atoms with van der Waals surface area (Å²) in [4.78, 5) is 8.94. The number of nitrogens with zero attached hydrogens (tertiary/aromatic N) is 2. The summed E-state index contributed by atoms with van der Waals surface area (Å²) in [5.41, 5.74) is 0.978. The Morgan fingerprint density at radius 2 is 1.73 bits per heavy atom. The number of hydrogen-bond donors (Lipinski definition) is 2. The molecule has 22 heavy (non-hydrogen) atoms. The summed E-state index contributed by atoms with van der Waals surface area (Å²) in [5.74, 6) is 3.31. The zero-order valence-electron chi connectivity index (χ0n) is 13.1. The molecule has 1 fully saturated rings. The fraction of sp³-hybridized carbons (Fsp3) is 0.412. The van der Waals surface area contributed by atoms with Gasteiger partial charge in [0.25, 0.3) is 0 Å². The fourth-order valence-corrected chi connectivity index (χ4v) is 2.81. The van der Waals surface area contributed by atoms with E-state index in [0.29, 0.717) is 6.04 Å². The average Bonchev–Trinajstić information content (AvgIpc) is 3.00. The summed E-state index contributed by atoms with van der Waals surface area (Å²) in [7, 11) is 1.66. The predicted octanol–water partition coefficient (Wildman–Crippen LogP) is 3.89. The van der Waals surface area contributed by atoms with Gasteiger partial charge in [-0.05, 0) is 44.0 Å². The molecule has 1 saturated carbocycles. The van der Waals surface area contributed by atoms with Gasteiger partial charge in [0, 0.05) is 17.8 Å². The molecule has 0 unspecified atom stereocenters. The number of ether oxygens (including phenoxy) is 1. The van der Waals surface area contributed by atoms with E-state index in [-0.39, 0.29) is 0 Å². The molecule has 5 heteroatoms. The molecular formula is C17H22N4O. The quantitative estimate of drug-likeness (QED) is 0.877. The summed E-state index contributed by atoms with van der Waals surface area (Å²) < 4.78 is 5.17. The molecule has 3 rings (SSSR count). The van der Waals surface area contributed by atoms with Gasteiger partial charge in [-0.2, -0.15) is 0 Å². The van der Waals surface area contributed by atoms with Crippen molar-refractivity contribution in [2.75, 3.05) is 17.7 Å². The monoisotopic (exact) mass is 298 g/mol. The third-order valence-electron chi connectivity index (χ3n) is 3.91. The van der Waals surface area contributed by atoms with Gasteiger partial charge in [-0.25, -0.2) is 9.97 Å². The number of benzene rings is 1. The van der Waals surface area contributed by atoms with Crippen molar-refractivity contribution >= 4 is 17.3 Å². The van der Waals surface area contributed by atoms with E-state index in [4.69, 9.17) is 4.74 Å². The summed E-state index contributed by atoms with van der Waals surface area (Å²) in [6, 6.07) is 10.3. The highest BCUT2D eigenvalue weighted by atomic mass is 16.5. The van der Waals surface area contributed by atoms with Gasteiger partial charge in [-0.1, -0.05) is 12.8 Å². The van der Waals surface area contributed by atoms with E-state index in [0.717, 1.165) is 28.9 Å². The van der Waals surface area contributed by atoms with Gasteiger partial charge in [0.05, 0.1) is 7.11 Å². The van der Waals surface area contributed by atoms with Gasteiger partial charge in [0.15, 0.2) is 0 Å². The van der Waals surface area contributed by atoms with Crippen molar-refractivity contribution in [3.8, 4) is 5.75 Å². The van der Waals surface area contributed by atoms with E-state index in [1.165, 1.54) is 25.7 Å². The smallest absolute Gasteiger partial charge is 0.136 e. The summed E-state index contributed by atoms with van der Waals surface area (Å²) in [6.07, 6.45) is 5.06. The SMILES string of the molecule is COc1ccc(Nc2cc(NC3CCCC3)nc(C)n2)cc1. The number of nitrogens with one attached hydrogen (secondary N) is 2. The first-order valence-corrected chi connectivity index (χ1v) is 7.76. The number of aromatic nitrogens is 2. The summed E-state index contributed by atoms with van der Waals surface area (Å²) in [5, 5.41) is 6.83. The first kappa shape index (κ1) is 14.6. The van der Waals surface area contributed by atoms with Crippen molar-refractivity contribution in [2.45, 2.75) is 38.6 Å². The molecule has 1 aliphatic carbocycles. The Kier molecular flexibility index (Phi) is 4.42. The van der Waals surface area contributed by atoms with Crippen molar-refractivity contribution < 1.29 is 4.74 Å². The number of aryl methyl sites for hydroxylation is 1. The molecule has 1 aliphatic rings. The summed E-state index contributed by atoms with van der Waals surface area (Å²) >= 11 is 0. The molecule has 0 saturated heterocycles. The molecule has 0 bridgehead atoms. The van der Waals surface area contributed by atoms with Crippen molar-refractivity contribution in [1.29, 1.82) is 0 Å². The van der Waals surface area contributed by atoms with Crippen molar-refractivity contribution in [3.63, 3.8) is 0 Å². The minimum Gasteiger partial charge on any atom is -0.497 e. The van der Waals surface area contributed by atoms with Crippen LogP contribution in [0.2, 0.25) is 0 Å². The Morgan fingerprint density at radius 3 is 2.41 bits per heavy atom. The maximum absolute atomic E-state index is 5.17. The molecule has 0 radical (unpaired) electrons. The van der Waals surface area contributed by atoms with Crippen LogP contribution in [0.3, 0.4) is 0 Å². The van der Waals surface area contributed by atoms with Crippen LogP contribution in [0.1, 0.15) is 31.5 Å². The lowest BCUT2D eigenvalue weighted by molar-refractivity contribution is 0.415. The van der Waals surface area contributed by atoms with Crippen LogP contribution in [-0.4, -0.2) is 23.1 Å². The summed E-state index contributed by atoms with van der Waals surface area (Å²) in [6.45, 7) is 1.92. The Balaban J connectivity index is 1.73. The van der Waals surface area contributed by atoms with Gasteiger partial charge < -0.3 is 15.4 Å². The lowest BCUT2D eigenvalue weighted by atomic mass is 10.2. The molecule has 2 aromatic rings. The van der Waals surface area contributed by atoms with Crippen LogP contribution in [0.25, 0.3) is 0 Å². The highest BCUT2D eigenvalue weighted by Crippen LogP contribution is 2.24. The maximum Gasteiger partial charge on any atom is 0.136 e. The van der Waals surface area contributed by atoms with E-state index < -0.39 is 0 Å². The second-order valence-electron chi connectivity index (χ2n) is 5.66. The molecule has 0 spiro atoms. The van der Waals surface area contributed by atoms with Crippen LogP contribution in [-0.2, 0) is 0 Å². The van der Waals surface area contributed by atoms with Crippen LogP contribution in [0.5, 0.6) is 5.75 Å². The van der Waals surface area contributed by atoms with Crippen LogP contribution in [0.4, 0.5) is 17.3 Å². The Labute approximate surface area is 131 Å². The van der Waals surface area contributed by atoms with Crippen LogP contribution in [0, 0.1) is 6.92 Å². The number of anilines is 3. The van der Waals surface area contributed by atoms with Crippen molar-refractivity contribution in [1.82, 2.24) is 9.97 Å². The normalized spacial score (nSPS) is 14.8. The molecule has 0 atom stereocenters. The van der Waals surface area contributed by atoms with E-state index in [1.54, 1.807) is 7.11 Å². The number of methoxy groups -OCH3 is 1. The third-order valence-corrected chi connectivity index (χ3v) is 3.91. The first-order chi connectivity index (χ1) is 10.7. The van der Waals surface area contributed by atoms with Crippen LogP contribution >= 0.6 is 0 Å². The topological polar surface area (TPSA) is 59.1 Å². The second kappa shape index (κ2) is 6.64. The molecule has 1 heterocycles. The zero-order chi connectivity index (χ0) is 15.4. The Hall–Kier alpha value is -2.30. The second-order valence-corrected chi connectivity index (χ2v) is 5.66. The molecule has 2 N–H and O–H groups in total. The minimum atomic E-state index is 0.545. The van der Waals surface area contributed by atoms with Gasteiger partial charge in [-0.3, -0.25) is 0 Å². The predicted molar refractivity (Wildman–Crippen MR) is 88.9 cm³/mol. The Bertz CT molecular complexity index is 621. The van der Waals surface area contributed by atoms with Crippen molar-refractivity contribution in [2.24, 2.45) is 0 Å². The number of hydrogen-bond acceptors (Lipinski definition) is 5. The van der Waals surface area contributed by atoms with Gasteiger partial charge >= 0.3 is 0 Å². The Morgan fingerprint density at radius 1 is 1.05 bits per heavy atom. The van der Waals surface area contributed by atoms with E-state index in [9.17, 15) is 0 Å². The molecule has 116 valence electrons. The third kappa shape index (κ3) is 3.67. The minimum absolute atomic E-state index is 0.545. The van der Waals surface area contributed by atoms with Crippen LogP contribution in [0.15, 0.2) is 30.3 Å².